The fourth-order valence-corrected chi connectivity index (χ4v) is 0.730. The summed E-state index contributed by atoms with van der Waals surface area (Å²) in [5.41, 5.74) is -0.384. The Hall–Kier alpha value is -1.67. The second kappa shape index (κ2) is 7.71. The molecular formula is C10H13NO4. The normalized spacial score (nSPS) is 10.6. The van der Waals surface area contributed by atoms with Crippen LogP contribution >= 0.6 is 0 Å². The summed E-state index contributed by atoms with van der Waals surface area (Å²) in [6.07, 6.45) is 2.36. The van der Waals surface area contributed by atoms with Crippen LogP contribution in [0.2, 0.25) is 0 Å². The van der Waals surface area contributed by atoms with Crippen LogP contribution in [0, 0.1) is 11.3 Å². The van der Waals surface area contributed by atoms with Crippen LogP contribution in [0.5, 0.6) is 0 Å². The molecule has 0 amide bonds. The molecule has 5 nitrogen and oxygen atoms in total. The zero-order valence-corrected chi connectivity index (χ0v) is 8.52. The van der Waals surface area contributed by atoms with Crippen LogP contribution in [0.25, 0.3) is 0 Å². The van der Waals surface area contributed by atoms with Gasteiger partial charge in [0.05, 0.1) is 6.61 Å². The smallest absolute Gasteiger partial charge is 0.349 e. The van der Waals surface area contributed by atoms with Gasteiger partial charge in [0.15, 0.2) is 5.78 Å². The van der Waals surface area contributed by atoms with Gasteiger partial charge in [-0.25, -0.2) is 4.79 Å². The third-order valence-electron chi connectivity index (χ3n) is 1.53. The van der Waals surface area contributed by atoms with E-state index in [9.17, 15) is 9.59 Å². The molecule has 0 bridgehead atoms. The minimum atomic E-state index is -0.826. The van der Waals surface area contributed by atoms with E-state index in [0.29, 0.717) is 6.42 Å². The van der Waals surface area contributed by atoms with Crippen molar-refractivity contribution in [1.82, 2.24) is 0 Å². The molecule has 0 unspecified atom stereocenters. The first-order valence-electron chi connectivity index (χ1n) is 4.58. The summed E-state index contributed by atoms with van der Waals surface area (Å²) in [7, 11) is 0. The Bertz CT molecular complexity index is 301. The van der Waals surface area contributed by atoms with Crippen molar-refractivity contribution in [3.63, 3.8) is 0 Å². The van der Waals surface area contributed by atoms with E-state index in [2.05, 4.69) is 0 Å². The summed E-state index contributed by atoms with van der Waals surface area (Å²) >= 11 is 0. The number of aliphatic hydroxyl groups is 1. The number of hydrogen-bond acceptors (Lipinski definition) is 5. The first-order chi connectivity index (χ1) is 7.15. The molecule has 1 N–H and O–H groups in total. The summed E-state index contributed by atoms with van der Waals surface area (Å²) in [5.74, 6) is -1.52. The molecule has 0 aliphatic rings. The van der Waals surface area contributed by atoms with E-state index in [-0.39, 0.29) is 12.2 Å². The highest BCUT2D eigenvalue weighted by Crippen LogP contribution is 1.99. The van der Waals surface area contributed by atoms with Crippen molar-refractivity contribution in [1.29, 1.82) is 5.26 Å². The monoisotopic (exact) mass is 211 g/mol. The van der Waals surface area contributed by atoms with E-state index in [1.807, 2.05) is 6.92 Å². The number of ether oxygens (including phenoxy) is 1. The average Bonchev–Trinajstić information content (AvgIpc) is 2.25. The molecule has 0 fully saturated rings. The highest BCUT2D eigenvalue weighted by molar-refractivity contribution is 6.02. The van der Waals surface area contributed by atoms with Gasteiger partial charge in [-0.3, -0.25) is 4.79 Å². The van der Waals surface area contributed by atoms with E-state index < -0.39 is 18.4 Å². The summed E-state index contributed by atoms with van der Waals surface area (Å²) < 4.78 is 4.72. The lowest BCUT2D eigenvalue weighted by atomic mass is 10.2. The Morgan fingerprint density at radius 2 is 2.20 bits per heavy atom. The molecular weight excluding hydrogens is 198 g/mol. The van der Waals surface area contributed by atoms with Gasteiger partial charge >= 0.3 is 5.97 Å². The number of carbonyl (C=O) groups excluding carboxylic acids is 2. The summed E-state index contributed by atoms with van der Waals surface area (Å²) in [5, 5.41) is 17.0. The van der Waals surface area contributed by atoms with Gasteiger partial charge in [0, 0.05) is 6.08 Å². The number of nitriles is 1. The standard InChI is InChI=1S/C10H13NO4/c1-2-3-4-15-10(14)8(6-11)5-9(13)7-12/h5,12H,2-4,7H2,1H3. The van der Waals surface area contributed by atoms with Crippen LogP contribution in [0.15, 0.2) is 11.6 Å². The molecule has 0 spiro atoms. The molecule has 0 saturated heterocycles. The molecule has 82 valence electrons. The quantitative estimate of drug-likeness (QED) is 0.296. The molecule has 0 rings (SSSR count). The summed E-state index contributed by atoms with van der Waals surface area (Å²) in [6, 6.07) is 1.55. The number of carbonyl (C=O) groups is 2. The third kappa shape index (κ3) is 5.60. The molecule has 0 aromatic carbocycles. The zero-order valence-electron chi connectivity index (χ0n) is 8.52. The number of unbranched alkanes of at least 4 members (excludes halogenated alkanes) is 1. The fraction of sp³-hybridized carbons (Fsp3) is 0.500. The third-order valence-corrected chi connectivity index (χ3v) is 1.53. The summed E-state index contributed by atoms with van der Waals surface area (Å²) in [4.78, 5) is 21.9. The Labute approximate surface area is 88.0 Å². The first-order valence-corrected chi connectivity index (χ1v) is 4.58. The Morgan fingerprint density at radius 1 is 1.53 bits per heavy atom. The fourth-order valence-electron chi connectivity index (χ4n) is 0.730. The van der Waals surface area contributed by atoms with Gasteiger partial charge < -0.3 is 9.84 Å². The van der Waals surface area contributed by atoms with Crippen LogP contribution in [0.3, 0.4) is 0 Å². The Balaban J connectivity index is 4.30. The lowest BCUT2D eigenvalue weighted by molar-refractivity contribution is -0.138. The van der Waals surface area contributed by atoms with Crippen molar-refractivity contribution in [3.05, 3.63) is 11.6 Å². The van der Waals surface area contributed by atoms with Gasteiger partial charge in [-0.05, 0) is 6.42 Å². The van der Waals surface area contributed by atoms with Gasteiger partial charge in [0.25, 0.3) is 0 Å². The van der Waals surface area contributed by atoms with Crippen LogP contribution in [0.1, 0.15) is 19.8 Å². The maximum absolute atomic E-state index is 11.2. The molecule has 0 aliphatic heterocycles. The predicted molar refractivity (Wildman–Crippen MR) is 51.7 cm³/mol. The topological polar surface area (TPSA) is 87.4 Å². The maximum Gasteiger partial charge on any atom is 0.349 e. The average molecular weight is 211 g/mol. The maximum atomic E-state index is 11.2. The van der Waals surface area contributed by atoms with Gasteiger partial charge in [0.1, 0.15) is 18.2 Å². The molecule has 0 aliphatic carbocycles. The second-order valence-electron chi connectivity index (χ2n) is 2.78. The van der Waals surface area contributed by atoms with Gasteiger partial charge in [0.2, 0.25) is 0 Å². The van der Waals surface area contributed by atoms with Crippen molar-refractivity contribution in [2.24, 2.45) is 0 Å². The summed E-state index contributed by atoms with van der Waals surface area (Å²) in [6.45, 7) is 1.43. The van der Waals surface area contributed by atoms with Crippen LogP contribution in [-0.4, -0.2) is 30.1 Å². The van der Waals surface area contributed by atoms with Crippen LogP contribution < -0.4 is 0 Å². The minimum absolute atomic E-state index is 0.224. The first kappa shape index (κ1) is 13.3. The molecule has 0 atom stereocenters. The molecule has 0 aromatic heterocycles. The lowest BCUT2D eigenvalue weighted by Gasteiger charge is -2.01. The van der Waals surface area contributed by atoms with E-state index >= 15 is 0 Å². The van der Waals surface area contributed by atoms with E-state index in [0.717, 1.165) is 12.5 Å². The SMILES string of the molecule is CCCCOC(=O)C(C#N)=CC(=O)CO. The molecule has 0 heterocycles. The molecule has 15 heavy (non-hydrogen) atoms. The van der Waals surface area contributed by atoms with Crippen molar-refractivity contribution in [2.45, 2.75) is 19.8 Å². The number of esters is 1. The minimum Gasteiger partial charge on any atom is -0.462 e. The lowest BCUT2D eigenvalue weighted by Crippen LogP contribution is -2.10. The number of nitrogens with zero attached hydrogens (tertiary/aromatic N) is 1. The second-order valence-corrected chi connectivity index (χ2v) is 2.78. The Kier molecular flexibility index (Phi) is 6.85. The number of aliphatic hydroxyl groups excluding tert-OH is 1. The van der Waals surface area contributed by atoms with Crippen LogP contribution in [-0.2, 0) is 14.3 Å². The van der Waals surface area contributed by atoms with Crippen molar-refractivity contribution >= 4 is 11.8 Å². The van der Waals surface area contributed by atoms with Gasteiger partial charge in [-0.2, -0.15) is 5.26 Å². The molecule has 5 heteroatoms. The predicted octanol–water partition coefficient (Wildman–Crippen LogP) is 0.341. The van der Waals surface area contributed by atoms with Crippen molar-refractivity contribution in [3.8, 4) is 6.07 Å². The molecule has 0 radical (unpaired) electrons. The van der Waals surface area contributed by atoms with E-state index in [4.69, 9.17) is 15.1 Å². The van der Waals surface area contributed by atoms with Crippen molar-refractivity contribution in [2.75, 3.05) is 13.2 Å². The molecule has 0 saturated carbocycles. The van der Waals surface area contributed by atoms with E-state index in [1.165, 1.54) is 0 Å². The molecule has 0 aromatic rings. The van der Waals surface area contributed by atoms with E-state index in [1.54, 1.807) is 6.07 Å². The highest BCUT2D eigenvalue weighted by atomic mass is 16.5. The Morgan fingerprint density at radius 3 is 2.67 bits per heavy atom. The van der Waals surface area contributed by atoms with Gasteiger partial charge in [-0.15, -0.1) is 0 Å². The largest absolute Gasteiger partial charge is 0.462 e. The number of ketones is 1. The number of hydrogen-bond donors (Lipinski definition) is 1. The van der Waals surface area contributed by atoms with Crippen molar-refractivity contribution < 1.29 is 19.4 Å². The van der Waals surface area contributed by atoms with Crippen LogP contribution in [0.4, 0.5) is 0 Å². The zero-order chi connectivity index (χ0) is 11.7. The number of rotatable bonds is 6. The van der Waals surface area contributed by atoms with Gasteiger partial charge in [-0.1, -0.05) is 13.3 Å². The highest BCUT2D eigenvalue weighted by Gasteiger charge is 2.11.